The monoisotopic (exact) mass is 435 g/mol. The van der Waals surface area contributed by atoms with E-state index in [1.165, 1.54) is 0 Å². The van der Waals surface area contributed by atoms with E-state index in [4.69, 9.17) is 23.2 Å². The summed E-state index contributed by atoms with van der Waals surface area (Å²) in [6.45, 7) is 4.69. The van der Waals surface area contributed by atoms with Crippen molar-refractivity contribution in [3.63, 3.8) is 0 Å². The largest absolute Gasteiger partial charge is 0.323 e. The van der Waals surface area contributed by atoms with Crippen molar-refractivity contribution < 1.29 is 4.79 Å². The van der Waals surface area contributed by atoms with E-state index in [2.05, 4.69) is 23.9 Å². The van der Waals surface area contributed by atoms with E-state index in [9.17, 15) is 4.79 Å². The molecule has 1 aliphatic heterocycles. The number of carbonyl (C=O) groups is 1. The van der Waals surface area contributed by atoms with E-state index >= 15 is 0 Å². The van der Waals surface area contributed by atoms with Crippen molar-refractivity contribution >= 4 is 57.6 Å². The van der Waals surface area contributed by atoms with Crippen molar-refractivity contribution in [2.45, 2.75) is 6.54 Å². The van der Waals surface area contributed by atoms with Crippen molar-refractivity contribution in [3.05, 3.63) is 52.0 Å². The van der Waals surface area contributed by atoms with Crippen molar-refractivity contribution in [2.24, 2.45) is 0 Å². The van der Waals surface area contributed by atoms with E-state index in [0.717, 1.165) is 66.7 Å². The molecule has 0 atom stereocenters. The second-order valence-electron chi connectivity index (χ2n) is 6.79. The third-order valence-electron chi connectivity index (χ3n) is 4.78. The first-order valence-corrected chi connectivity index (χ1v) is 10.5. The highest BCUT2D eigenvalue weighted by molar-refractivity contribution is 7.00. The molecule has 2 heterocycles. The minimum atomic E-state index is -0.0292. The van der Waals surface area contributed by atoms with Crippen LogP contribution >= 0.6 is 34.9 Å². The summed E-state index contributed by atoms with van der Waals surface area (Å²) in [4.78, 5) is 17.0. The SMILES string of the molecule is O=C(CN1CCN(Cc2ccc(Cl)c(Cl)c2)CC1)Nc1cccc2nsnc12. The number of rotatable bonds is 5. The second kappa shape index (κ2) is 8.71. The maximum absolute atomic E-state index is 12.4. The zero-order chi connectivity index (χ0) is 19.5. The topological polar surface area (TPSA) is 61.4 Å². The lowest BCUT2D eigenvalue weighted by Gasteiger charge is -2.34. The molecule has 1 aliphatic rings. The van der Waals surface area contributed by atoms with Crippen LogP contribution in [0.25, 0.3) is 11.0 Å². The van der Waals surface area contributed by atoms with Crippen LogP contribution in [0.3, 0.4) is 0 Å². The van der Waals surface area contributed by atoms with Gasteiger partial charge in [-0.2, -0.15) is 8.75 Å². The van der Waals surface area contributed by atoms with Gasteiger partial charge in [-0.25, -0.2) is 0 Å². The Labute approximate surface area is 177 Å². The molecule has 146 valence electrons. The van der Waals surface area contributed by atoms with Crippen molar-refractivity contribution in [1.29, 1.82) is 0 Å². The van der Waals surface area contributed by atoms with Crippen LogP contribution in [0.5, 0.6) is 0 Å². The molecule has 6 nitrogen and oxygen atoms in total. The lowest BCUT2D eigenvalue weighted by molar-refractivity contribution is -0.117. The molecule has 28 heavy (non-hydrogen) atoms. The molecule has 3 aromatic rings. The van der Waals surface area contributed by atoms with Crippen LogP contribution in [0.4, 0.5) is 5.69 Å². The highest BCUT2D eigenvalue weighted by Crippen LogP contribution is 2.24. The van der Waals surface area contributed by atoms with E-state index in [1.807, 2.05) is 36.4 Å². The van der Waals surface area contributed by atoms with Gasteiger partial charge >= 0.3 is 0 Å². The molecule has 2 aromatic carbocycles. The Hall–Kier alpha value is -1.77. The maximum atomic E-state index is 12.4. The first-order chi connectivity index (χ1) is 13.6. The molecular weight excluding hydrogens is 417 g/mol. The van der Waals surface area contributed by atoms with Gasteiger partial charge < -0.3 is 5.32 Å². The molecule has 1 N–H and O–H groups in total. The van der Waals surface area contributed by atoms with Crippen LogP contribution < -0.4 is 5.32 Å². The van der Waals surface area contributed by atoms with Gasteiger partial charge in [-0.05, 0) is 29.8 Å². The number of halogens is 2. The molecule has 1 saturated heterocycles. The zero-order valence-electron chi connectivity index (χ0n) is 15.1. The van der Waals surface area contributed by atoms with Crippen molar-refractivity contribution in [2.75, 3.05) is 38.0 Å². The van der Waals surface area contributed by atoms with Crippen LogP contribution in [0.2, 0.25) is 10.0 Å². The predicted octanol–water partition coefficient (Wildman–Crippen LogP) is 3.75. The Morgan fingerprint density at radius 3 is 2.61 bits per heavy atom. The third kappa shape index (κ3) is 4.61. The summed E-state index contributed by atoms with van der Waals surface area (Å²) < 4.78 is 8.46. The molecule has 1 fully saturated rings. The van der Waals surface area contributed by atoms with Gasteiger partial charge in [0, 0.05) is 32.7 Å². The van der Waals surface area contributed by atoms with Gasteiger partial charge in [-0.15, -0.1) is 0 Å². The molecule has 0 aliphatic carbocycles. The first kappa shape index (κ1) is 19.5. The summed E-state index contributed by atoms with van der Waals surface area (Å²) in [7, 11) is 0. The van der Waals surface area contributed by atoms with Crippen LogP contribution in [0.1, 0.15) is 5.56 Å². The highest BCUT2D eigenvalue weighted by Gasteiger charge is 2.20. The van der Waals surface area contributed by atoms with Crippen LogP contribution in [-0.4, -0.2) is 57.2 Å². The smallest absolute Gasteiger partial charge is 0.238 e. The summed E-state index contributed by atoms with van der Waals surface area (Å²) in [5.41, 5.74) is 3.41. The van der Waals surface area contributed by atoms with Crippen molar-refractivity contribution in [3.8, 4) is 0 Å². The molecule has 0 bridgehead atoms. The number of piperazine rings is 1. The fraction of sp³-hybridized carbons (Fsp3) is 0.316. The van der Waals surface area contributed by atoms with Crippen LogP contribution in [0, 0.1) is 0 Å². The quantitative estimate of drug-likeness (QED) is 0.660. The molecule has 9 heteroatoms. The minimum Gasteiger partial charge on any atom is -0.323 e. The molecule has 0 radical (unpaired) electrons. The number of anilines is 1. The Morgan fingerprint density at radius 1 is 1.04 bits per heavy atom. The molecule has 1 aromatic heterocycles. The maximum Gasteiger partial charge on any atom is 0.238 e. The van der Waals surface area contributed by atoms with Gasteiger partial charge in [0.15, 0.2) is 0 Å². The normalized spacial score (nSPS) is 15.8. The first-order valence-electron chi connectivity index (χ1n) is 8.98. The Morgan fingerprint density at radius 2 is 1.82 bits per heavy atom. The molecule has 1 amide bonds. The summed E-state index contributed by atoms with van der Waals surface area (Å²) in [5, 5.41) is 4.12. The van der Waals surface area contributed by atoms with Crippen LogP contribution in [0.15, 0.2) is 36.4 Å². The number of nitrogens with zero attached hydrogens (tertiary/aromatic N) is 4. The average Bonchev–Trinajstić information content (AvgIpc) is 3.16. The number of hydrogen-bond donors (Lipinski definition) is 1. The van der Waals surface area contributed by atoms with Gasteiger partial charge in [0.25, 0.3) is 0 Å². The lowest BCUT2D eigenvalue weighted by atomic mass is 10.2. The fourth-order valence-corrected chi connectivity index (χ4v) is 4.17. The van der Waals surface area contributed by atoms with Gasteiger partial charge in [0.05, 0.1) is 34.0 Å². The van der Waals surface area contributed by atoms with Crippen molar-refractivity contribution in [1.82, 2.24) is 18.5 Å². The Balaban J connectivity index is 1.27. The number of nitrogens with one attached hydrogen (secondary N) is 1. The number of carbonyl (C=O) groups excluding carboxylic acids is 1. The number of aromatic nitrogens is 2. The summed E-state index contributed by atoms with van der Waals surface area (Å²) in [6.07, 6.45) is 0. The lowest BCUT2D eigenvalue weighted by Crippen LogP contribution is -2.48. The second-order valence-corrected chi connectivity index (χ2v) is 8.13. The number of benzene rings is 2. The number of hydrogen-bond acceptors (Lipinski definition) is 6. The molecule has 0 saturated carbocycles. The Kier molecular flexibility index (Phi) is 6.08. The predicted molar refractivity (Wildman–Crippen MR) is 114 cm³/mol. The van der Waals surface area contributed by atoms with E-state index in [1.54, 1.807) is 0 Å². The van der Waals surface area contributed by atoms with E-state index < -0.39 is 0 Å². The van der Waals surface area contributed by atoms with Gasteiger partial charge in [-0.3, -0.25) is 14.6 Å². The van der Waals surface area contributed by atoms with Gasteiger partial charge in [0.1, 0.15) is 11.0 Å². The van der Waals surface area contributed by atoms with Gasteiger partial charge in [-0.1, -0.05) is 35.3 Å². The molecule has 0 spiro atoms. The number of fused-ring (bicyclic) bond motifs is 1. The highest BCUT2D eigenvalue weighted by atomic mass is 35.5. The third-order valence-corrected chi connectivity index (χ3v) is 6.06. The average molecular weight is 436 g/mol. The van der Waals surface area contributed by atoms with Crippen LogP contribution in [-0.2, 0) is 11.3 Å². The summed E-state index contributed by atoms with van der Waals surface area (Å²) in [6, 6.07) is 11.4. The molecule has 4 rings (SSSR count). The van der Waals surface area contributed by atoms with Gasteiger partial charge in [0.2, 0.25) is 5.91 Å². The van der Waals surface area contributed by atoms with E-state index in [-0.39, 0.29) is 5.91 Å². The molecular formula is C19H19Cl2N5OS. The zero-order valence-corrected chi connectivity index (χ0v) is 17.4. The molecule has 0 unspecified atom stereocenters. The summed E-state index contributed by atoms with van der Waals surface area (Å²) >= 11 is 13.2. The standard InChI is InChI=1S/C19H19Cl2N5OS/c20-14-5-4-13(10-15(14)21)11-25-6-8-26(9-7-25)12-18(27)22-16-2-1-3-17-19(16)24-28-23-17/h1-5,10H,6-9,11-12H2,(H,22,27). The fourth-order valence-electron chi connectivity index (χ4n) is 3.30. The minimum absolute atomic E-state index is 0.0292. The Bertz CT molecular complexity index is 987. The number of amides is 1. The summed E-state index contributed by atoms with van der Waals surface area (Å²) in [5.74, 6) is -0.0292. The van der Waals surface area contributed by atoms with E-state index in [0.29, 0.717) is 16.6 Å².